The van der Waals surface area contributed by atoms with E-state index in [1.54, 1.807) is 7.11 Å². The molecule has 1 fully saturated rings. The number of nitrogens with zero attached hydrogens (tertiary/aromatic N) is 1. The Bertz CT molecular complexity index is 674. The van der Waals surface area contributed by atoms with Crippen molar-refractivity contribution >= 4 is 32.9 Å². The second-order valence-corrected chi connectivity index (χ2v) is 8.54. The number of anilines is 1. The van der Waals surface area contributed by atoms with E-state index in [0.717, 1.165) is 11.3 Å². The molecule has 0 radical (unpaired) electrons. The molecule has 0 aromatic heterocycles. The first-order valence-corrected chi connectivity index (χ1v) is 9.90. The number of rotatable bonds is 5. The van der Waals surface area contributed by atoms with E-state index in [2.05, 4.69) is 18.3 Å². The van der Waals surface area contributed by atoms with Crippen molar-refractivity contribution in [2.75, 3.05) is 37.1 Å². The largest absolute Gasteiger partial charge is 0.383 e. The molecule has 1 saturated heterocycles. The van der Waals surface area contributed by atoms with Gasteiger partial charge in [0.05, 0.1) is 18.1 Å². The minimum absolute atomic E-state index is 0.0831. The maximum absolute atomic E-state index is 11.8. The monoisotopic (exact) mass is 356 g/mol. The lowest BCUT2D eigenvalue weighted by Gasteiger charge is -2.31. The lowest BCUT2D eigenvalue weighted by Crippen LogP contribution is -2.45. The fourth-order valence-corrected chi connectivity index (χ4v) is 4.82. The third-order valence-electron chi connectivity index (χ3n) is 4.29. The molecule has 5 nitrogen and oxygen atoms in total. The molecule has 0 unspecified atom stereocenters. The summed E-state index contributed by atoms with van der Waals surface area (Å²) in [7, 11) is -1.33. The molecular formula is C16H24N2O3S2. The molecule has 0 saturated carbocycles. The van der Waals surface area contributed by atoms with Crippen LogP contribution in [-0.2, 0) is 14.6 Å². The Morgan fingerprint density at radius 3 is 2.78 bits per heavy atom. The molecule has 1 aliphatic rings. The highest BCUT2D eigenvalue weighted by Gasteiger charge is 2.33. The van der Waals surface area contributed by atoms with E-state index in [4.69, 9.17) is 17.0 Å². The molecule has 2 rings (SSSR count). The first kappa shape index (κ1) is 18.2. The lowest BCUT2D eigenvalue weighted by molar-refractivity contribution is 0.166. The molecule has 1 N–H and O–H groups in total. The number of hydrogen-bond acceptors (Lipinski definition) is 4. The van der Waals surface area contributed by atoms with Gasteiger partial charge in [-0.2, -0.15) is 0 Å². The molecule has 7 heteroatoms. The Labute approximate surface area is 143 Å². The predicted molar refractivity (Wildman–Crippen MR) is 97.8 cm³/mol. The Balaban J connectivity index is 2.15. The van der Waals surface area contributed by atoms with Crippen molar-refractivity contribution in [2.45, 2.75) is 26.3 Å². The summed E-state index contributed by atoms with van der Waals surface area (Å²) in [5, 5.41) is 3.82. The van der Waals surface area contributed by atoms with E-state index in [1.807, 2.05) is 24.0 Å². The predicted octanol–water partition coefficient (Wildman–Crippen LogP) is 2.14. The van der Waals surface area contributed by atoms with Crippen LogP contribution in [0.1, 0.15) is 17.5 Å². The van der Waals surface area contributed by atoms with Gasteiger partial charge in [-0.25, -0.2) is 8.42 Å². The Hall–Kier alpha value is -1.18. The van der Waals surface area contributed by atoms with Gasteiger partial charge in [-0.1, -0.05) is 12.1 Å². The number of ether oxygens (including phenoxy) is 1. The van der Waals surface area contributed by atoms with E-state index in [0.29, 0.717) is 24.7 Å². The van der Waals surface area contributed by atoms with Gasteiger partial charge in [0.2, 0.25) is 0 Å². The van der Waals surface area contributed by atoms with E-state index >= 15 is 0 Å². The van der Waals surface area contributed by atoms with Gasteiger partial charge in [-0.3, -0.25) is 0 Å². The van der Waals surface area contributed by atoms with Crippen LogP contribution >= 0.6 is 12.2 Å². The number of benzene rings is 1. The van der Waals surface area contributed by atoms with Crippen molar-refractivity contribution in [2.24, 2.45) is 0 Å². The summed E-state index contributed by atoms with van der Waals surface area (Å²) in [6.07, 6.45) is 0.612. The van der Waals surface area contributed by atoms with Gasteiger partial charge in [0.1, 0.15) is 0 Å². The minimum Gasteiger partial charge on any atom is -0.383 e. The average molecular weight is 357 g/mol. The topological polar surface area (TPSA) is 58.6 Å². The zero-order chi connectivity index (χ0) is 17.0. The molecule has 0 amide bonds. The molecule has 0 bridgehead atoms. The van der Waals surface area contributed by atoms with Gasteiger partial charge in [-0.05, 0) is 49.7 Å². The number of hydrogen-bond donors (Lipinski definition) is 1. The number of sulfone groups is 1. The molecular weight excluding hydrogens is 332 g/mol. The zero-order valence-corrected chi connectivity index (χ0v) is 15.5. The molecule has 1 aromatic rings. The summed E-state index contributed by atoms with van der Waals surface area (Å²) < 4.78 is 28.7. The lowest BCUT2D eigenvalue weighted by atomic mass is 10.1. The average Bonchev–Trinajstić information content (AvgIpc) is 2.84. The van der Waals surface area contributed by atoms with Gasteiger partial charge in [0, 0.05) is 25.4 Å². The van der Waals surface area contributed by atoms with Crippen molar-refractivity contribution in [3.8, 4) is 0 Å². The van der Waals surface area contributed by atoms with Crippen LogP contribution in [0, 0.1) is 13.8 Å². The summed E-state index contributed by atoms with van der Waals surface area (Å²) in [5.74, 6) is 0.387. The van der Waals surface area contributed by atoms with Crippen LogP contribution in [0.2, 0.25) is 0 Å². The van der Waals surface area contributed by atoms with Gasteiger partial charge >= 0.3 is 0 Å². The Morgan fingerprint density at radius 1 is 1.43 bits per heavy atom. The first-order chi connectivity index (χ1) is 10.8. The third-order valence-corrected chi connectivity index (χ3v) is 6.38. The van der Waals surface area contributed by atoms with E-state index in [9.17, 15) is 8.42 Å². The summed E-state index contributed by atoms with van der Waals surface area (Å²) >= 11 is 5.55. The summed E-state index contributed by atoms with van der Waals surface area (Å²) in [4.78, 5) is 1.95. The number of nitrogens with one attached hydrogen (secondary N) is 1. The second kappa shape index (κ2) is 7.59. The second-order valence-electron chi connectivity index (χ2n) is 5.92. The van der Waals surface area contributed by atoms with Crippen molar-refractivity contribution in [3.05, 3.63) is 29.3 Å². The van der Waals surface area contributed by atoms with Gasteiger partial charge in [0.25, 0.3) is 0 Å². The van der Waals surface area contributed by atoms with Crippen molar-refractivity contribution in [3.63, 3.8) is 0 Å². The molecule has 1 aliphatic heterocycles. The van der Waals surface area contributed by atoms with Gasteiger partial charge in [0.15, 0.2) is 14.9 Å². The standard InChI is InChI=1S/C16H24N2O3S2/c1-12-5-4-6-15(13(12)2)17-16(22)18(8-9-21-3)14-7-10-23(19,20)11-14/h4-6,14H,7-11H2,1-3H3,(H,17,22)/t14-/m1/s1. The SMILES string of the molecule is COCCN(C(=S)Nc1cccc(C)c1C)[C@@H]1CCS(=O)(=O)C1. The van der Waals surface area contributed by atoms with Crippen LogP contribution < -0.4 is 5.32 Å². The number of methoxy groups -OCH3 is 1. The van der Waals surface area contributed by atoms with Crippen LogP contribution in [0.3, 0.4) is 0 Å². The van der Waals surface area contributed by atoms with Crippen molar-refractivity contribution in [1.29, 1.82) is 0 Å². The maximum atomic E-state index is 11.8. The molecule has 1 heterocycles. The zero-order valence-electron chi connectivity index (χ0n) is 13.8. The van der Waals surface area contributed by atoms with Crippen LogP contribution in [0.15, 0.2) is 18.2 Å². The van der Waals surface area contributed by atoms with Crippen LogP contribution in [0.5, 0.6) is 0 Å². The Morgan fingerprint density at radius 2 is 2.17 bits per heavy atom. The smallest absolute Gasteiger partial charge is 0.173 e. The van der Waals surface area contributed by atoms with Crippen LogP contribution in [0.25, 0.3) is 0 Å². The number of thiocarbonyl (C=S) groups is 1. The van der Waals surface area contributed by atoms with Crippen LogP contribution in [-0.4, -0.2) is 56.2 Å². The third kappa shape index (κ3) is 4.65. The maximum Gasteiger partial charge on any atom is 0.173 e. The normalized spacial score (nSPS) is 19.5. The van der Waals surface area contributed by atoms with Crippen LogP contribution in [0.4, 0.5) is 5.69 Å². The molecule has 1 atom stereocenters. The molecule has 23 heavy (non-hydrogen) atoms. The highest BCUT2D eigenvalue weighted by molar-refractivity contribution is 7.91. The summed E-state index contributed by atoms with van der Waals surface area (Å²) in [6, 6.07) is 5.93. The summed E-state index contributed by atoms with van der Waals surface area (Å²) in [5.41, 5.74) is 3.28. The fourth-order valence-electron chi connectivity index (χ4n) is 2.73. The van der Waals surface area contributed by atoms with Crippen molar-refractivity contribution in [1.82, 2.24) is 4.90 Å². The molecule has 128 valence electrons. The quantitative estimate of drug-likeness (QED) is 0.816. The highest BCUT2D eigenvalue weighted by Crippen LogP contribution is 2.22. The molecule has 0 spiro atoms. The number of aryl methyl sites for hydroxylation is 1. The molecule has 0 aliphatic carbocycles. The fraction of sp³-hybridized carbons (Fsp3) is 0.562. The summed E-state index contributed by atoms with van der Waals surface area (Å²) in [6.45, 7) is 5.17. The van der Waals surface area contributed by atoms with Gasteiger partial charge in [-0.15, -0.1) is 0 Å². The van der Waals surface area contributed by atoms with E-state index < -0.39 is 9.84 Å². The first-order valence-electron chi connectivity index (χ1n) is 7.67. The highest BCUT2D eigenvalue weighted by atomic mass is 32.2. The van der Waals surface area contributed by atoms with Gasteiger partial charge < -0.3 is 15.0 Å². The minimum atomic E-state index is -2.96. The van der Waals surface area contributed by atoms with Crippen molar-refractivity contribution < 1.29 is 13.2 Å². The Kier molecular flexibility index (Phi) is 6.00. The van der Waals surface area contributed by atoms with E-state index in [1.165, 1.54) is 5.56 Å². The van der Waals surface area contributed by atoms with E-state index in [-0.39, 0.29) is 17.5 Å². The molecule has 1 aromatic carbocycles.